The highest BCUT2D eigenvalue weighted by atomic mass is 19.1. The highest BCUT2D eigenvalue weighted by Gasteiger charge is 2.32. The summed E-state index contributed by atoms with van der Waals surface area (Å²) in [5.41, 5.74) is 0.695. The van der Waals surface area contributed by atoms with Crippen LogP contribution in [0.15, 0.2) is 30.6 Å². The Morgan fingerprint density at radius 1 is 1.29 bits per heavy atom. The first-order valence-corrected chi connectivity index (χ1v) is 10.5. The lowest BCUT2D eigenvalue weighted by Gasteiger charge is -2.34. The summed E-state index contributed by atoms with van der Waals surface area (Å²) in [6.45, 7) is 2.15. The van der Waals surface area contributed by atoms with Crippen LogP contribution in [-0.2, 0) is 0 Å². The van der Waals surface area contributed by atoms with Gasteiger partial charge in [0.25, 0.3) is 11.9 Å². The SMILES string of the molecule is Cc1nn(-c2ncc(C(=O)NCCC3CCC(O)(CO)CC3)cn2)c2cc(F)ccc12. The number of aryl methyl sites for hydroxylation is 1. The van der Waals surface area contributed by atoms with Gasteiger partial charge in [0.2, 0.25) is 0 Å². The zero-order chi connectivity index (χ0) is 22.0. The van der Waals surface area contributed by atoms with Crippen LogP contribution in [0, 0.1) is 18.7 Å². The van der Waals surface area contributed by atoms with Crippen molar-refractivity contribution in [2.24, 2.45) is 5.92 Å². The Balaban J connectivity index is 1.36. The van der Waals surface area contributed by atoms with E-state index in [1.807, 2.05) is 6.92 Å². The molecule has 0 aliphatic heterocycles. The molecular weight excluding hydrogens is 401 g/mol. The number of hydrogen-bond donors (Lipinski definition) is 3. The van der Waals surface area contributed by atoms with Crippen LogP contribution >= 0.6 is 0 Å². The van der Waals surface area contributed by atoms with Gasteiger partial charge in [-0.15, -0.1) is 0 Å². The number of halogens is 1. The molecule has 1 amide bonds. The molecule has 1 fully saturated rings. The first kappa shape index (κ1) is 21.3. The molecular formula is C22H26FN5O3. The summed E-state index contributed by atoms with van der Waals surface area (Å²) in [6.07, 6.45) is 6.52. The lowest BCUT2D eigenvalue weighted by molar-refractivity contribution is -0.0522. The molecule has 2 heterocycles. The van der Waals surface area contributed by atoms with E-state index in [0.29, 0.717) is 36.4 Å². The quantitative estimate of drug-likeness (QED) is 0.556. The van der Waals surface area contributed by atoms with E-state index in [-0.39, 0.29) is 24.3 Å². The van der Waals surface area contributed by atoms with E-state index in [0.717, 1.165) is 30.3 Å². The van der Waals surface area contributed by atoms with E-state index in [1.54, 1.807) is 6.07 Å². The van der Waals surface area contributed by atoms with Crippen molar-refractivity contribution in [1.82, 2.24) is 25.1 Å². The van der Waals surface area contributed by atoms with Crippen molar-refractivity contribution >= 4 is 16.8 Å². The molecule has 0 bridgehead atoms. The van der Waals surface area contributed by atoms with Gasteiger partial charge in [0.05, 0.1) is 29.0 Å². The van der Waals surface area contributed by atoms with E-state index < -0.39 is 5.60 Å². The fourth-order valence-electron chi connectivity index (χ4n) is 4.10. The Bertz CT molecular complexity index is 1070. The predicted molar refractivity (Wildman–Crippen MR) is 112 cm³/mol. The lowest BCUT2D eigenvalue weighted by atomic mass is 9.78. The van der Waals surface area contributed by atoms with Gasteiger partial charge in [0, 0.05) is 30.4 Å². The number of carbonyl (C=O) groups excluding carboxylic acids is 1. The Morgan fingerprint density at radius 3 is 2.68 bits per heavy atom. The second-order valence-corrected chi connectivity index (χ2v) is 8.30. The minimum atomic E-state index is -0.941. The second kappa shape index (κ2) is 8.68. The molecule has 1 saturated carbocycles. The number of hydrogen-bond acceptors (Lipinski definition) is 6. The van der Waals surface area contributed by atoms with Gasteiger partial charge in [0.15, 0.2) is 0 Å². The summed E-state index contributed by atoms with van der Waals surface area (Å²) < 4.78 is 15.1. The number of nitrogens with one attached hydrogen (secondary N) is 1. The molecule has 1 aliphatic rings. The van der Waals surface area contributed by atoms with Gasteiger partial charge in [-0.25, -0.2) is 14.4 Å². The number of amides is 1. The van der Waals surface area contributed by atoms with Gasteiger partial charge in [-0.3, -0.25) is 4.79 Å². The van der Waals surface area contributed by atoms with Crippen molar-refractivity contribution in [3.8, 4) is 5.95 Å². The second-order valence-electron chi connectivity index (χ2n) is 8.30. The van der Waals surface area contributed by atoms with Gasteiger partial charge in [-0.1, -0.05) is 0 Å². The molecule has 1 aromatic carbocycles. The predicted octanol–water partition coefficient (Wildman–Crippen LogP) is 2.30. The molecule has 0 saturated heterocycles. The Morgan fingerprint density at radius 2 is 2.00 bits per heavy atom. The number of carbonyl (C=O) groups is 1. The van der Waals surface area contributed by atoms with Crippen LogP contribution < -0.4 is 5.32 Å². The van der Waals surface area contributed by atoms with E-state index >= 15 is 0 Å². The lowest BCUT2D eigenvalue weighted by Crippen LogP contribution is -2.38. The maximum Gasteiger partial charge on any atom is 0.254 e. The topological polar surface area (TPSA) is 113 Å². The van der Waals surface area contributed by atoms with Crippen LogP contribution in [0.5, 0.6) is 0 Å². The molecule has 31 heavy (non-hydrogen) atoms. The van der Waals surface area contributed by atoms with Crippen LogP contribution in [0.4, 0.5) is 4.39 Å². The molecule has 9 heteroatoms. The minimum Gasteiger partial charge on any atom is -0.393 e. The molecule has 0 spiro atoms. The average molecular weight is 427 g/mol. The Hall–Kier alpha value is -2.91. The van der Waals surface area contributed by atoms with Crippen molar-refractivity contribution < 1.29 is 19.4 Å². The van der Waals surface area contributed by atoms with E-state index in [4.69, 9.17) is 0 Å². The van der Waals surface area contributed by atoms with Crippen LogP contribution in [0.25, 0.3) is 16.9 Å². The van der Waals surface area contributed by atoms with Gasteiger partial charge >= 0.3 is 0 Å². The molecule has 164 valence electrons. The van der Waals surface area contributed by atoms with Gasteiger partial charge in [-0.2, -0.15) is 9.78 Å². The van der Waals surface area contributed by atoms with Gasteiger partial charge < -0.3 is 15.5 Å². The average Bonchev–Trinajstić information content (AvgIpc) is 3.11. The summed E-state index contributed by atoms with van der Waals surface area (Å²) >= 11 is 0. The van der Waals surface area contributed by atoms with E-state index in [1.165, 1.54) is 29.2 Å². The maximum absolute atomic E-state index is 13.7. The van der Waals surface area contributed by atoms with Crippen LogP contribution in [-0.4, -0.2) is 54.6 Å². The van der Waals surface area contributed by atoms with Crippen molar-refractivity contribution in [2.45, 2.75) is 44.6 Å². The number of fused-ring (bicyclic) bond motifs is 1. The first-order chi connectivity index (χ1) is 14.9. The van der Waals surface area contributed by atoms with E-state index in [2.05, 4.69) is 20.4 Å². The third-order valence-corrected chi connectivity index (χ3v) is 6.09. The monoisotopic (exact) mass is 427 g/mol. The molecule has 3 aromatic rings. The summed E-state index contributed by atoms with van der Waals surface area (Å²) in [5.74, 6) is 0.0479. The molecule has 0 atom stereocenters. The first-order valence-electron chi connectivity index (χ1n) is 10.5. The number of rotatable bonds is 6. The zero-order valence-corrected chi connectivity index (χ0v) is 17.4. The number of aliphatic hydroxyl groups is 2. The molecule has 4 rings (SSSR count). The van der Waals surface area contributed by atoms with Crippen molar-refractivity contribution in [3.05, 3.63) is 47.7 Å². The standard InChI is InChI=1S/C22H26FN5O3/c1-14-18-3-2-17(23)10-19(18)28(27-14)21-25-11-16(12-26-21)20(30)24-9-6-15-4-7-22(31,13-29)8-5-15/h2-3,10-12,15,29,31H,4-9,13H2,1H3,(H,24,30). The van der Waals surface area contributed by atoms with Gasteiger partial charge in [0.1, 0.15) is 5.82 Å². The van der Waals surface area contributed by atoms with Crippen LogP contribution in [0.3, 0.4) is 0 Å². The van der Waals surface area contributed by atoms with Crippen molar-refractivity contribution in [3.63, 3.8) is 0 Å². The molecule has 0 unspecified atom stereocenters. The van der Waals surface area contributed by atoms with Gasteiger partial charge in [-0.05, 0) is 57.1 Å². The third-order valence-electron chi connectivity index (χ3n) is 6.09. The number of aliphatic hydroxyl groups excluding tert-OH is 1. The maximum atomic E-state index is 13.7. The number of benzene rings is 1. The normalized spacial score (nSPS) is 21.4. The van der Waals surface area contributed by atoms with Crippen molar-refractivity contribution in [2.75, 3.05) is 13.2 Å². The van der Waals surface area contributed by atoms with Crippen LogP contribution in [0.1, 0.15) is 48.2 Å². The third kappa shape index (κ3) is 4.57. The number of nitrogens with zero attached hydrogens (tertiary/aromatic N) is 4. The minimum absolute atomic E-state index is 0.199. The summed E-state index contributed by atoms with van der Waals surface area (Å²) in [6, 6.07) is 4.43. The molecule has 0 radical (unpaired) electrons. The zero-order valence-electron chi connectivity index (χ0n) is 17.4. The highest BCUT2D eigenvalue weighted by Crippen LogP contribution is 2.33. The van der Waals surface area contributed by atoms with E-state index in [9.17, 15) is 19.4 Å². The molecule has 3 N–H and O–H groups in total. The Kier molecular flexibility index (Phi) is 5.97. The fourth-order valence-corrected chi connectivity index (χ4v) is 4.10. The highest BCUT2D eigenvalue weighted by molar-refractivity contribution is 5.93. The molecule has 8 nitrogen and oxygen atoms in total. The smallest absolute Gasteiger partial charge is 0.254 e. The summed E-state index contributed by atoms with van der Waals surface area (Å²) in [4.78, 5) is 20.9. The summed E-state index contributed by atoms with van der Waals surface area (Å²) in [7, 11) is 0. The Labute approximate surface area is 179 Å². The fraction of sp³-hybridized carbons (Fsp3) is 0.455. The number of aromatic nitrogens is 4. The largest absolute Gasteiger partial charge is 0.393 e. The molecule has 2 aromatic heterocycles. The van der Waals surface area contributed by atoms with Crippen LogP contribution in [0.2, 0.25) is 0 Å². The van der Waals surface area contributed by atoms with Crippen molar-refractivity contribution in [1.29, 1.82) is 0 Å². The summed E-state index contributed by atoms with van der Waals surface area (Å²) in [5, 5.41) is 27.4. The molecule has 1 aliphatic carbocycles.